The molecular weight excluding hydrogens is 290 g/mol. The van der Waals surface area contributed by atoms with Gasteiger partial charge in [0.2, 0.25) is 0 Å². The highest BCUT2D eigenvalue weighted by atomic mass is 15.3. The smallest absolute Gasteiger partial charge is 0.178 e. The van der Waals surface area contributed by atoms with E-state index in [1.165, 1.54) is 0 Å². The van der Waals surface area contributed by atoms with Gasteiger partial charge in [0.25, 0.3) is 0 Å². The van der Waals surface area contributed by atoms with Crippen LogP contribution in [0.25, 0.3) is 28.5 Å². The fraction of sp³-hybridized carbons (Fsp3) is 0. The second-order valence-electron chi connectivity index (χ2n) is 4.75. The van der Waals surface area contributed by atoms with Gasteiger partial charge in [0.1, 0.15) is 5.69 Å². The fourth-order valence-corrected chi connectivity index (χ4v) is 2.17. The SMILES string of the molecule is c1cnc(-c2cccc(-c3cnn(-c4ccnnc4)c3)n2)nc1. The van der Waals surface area contributed by atoms with Gasteiger partial charge in [-0.3, -0.25) is 0 Å². The number of rotatable bonds is 3. The van der Waals surface area contributed by atoms with Crippen molar-refractivity contribution in [3.63, 3.8) is 0 Å². The van der Waals surface area contributed by atoms with Gasteiger partial charge >= 0.3 is 0 Å². The molecular formula is C16H11N7. The third kappa shape index (κ3) is 2.67. The summed E-state index contributed by atoms with van der Waals surface area (Å²) < 4.78 is 1.73. The summed E-state index contributed by atoms with van der Waals surface area (Å²) in [4.78, 5) is 13.1. The van der Waals surface area contributed by atoms with E-state index in [0.717, 1.165) is 22.6 Å². The molecule has 0 radical (unpaired) electrons. The first kappa shape index (κ1) is 13.2. The van der Waals surface area contributed by atoms with Gasteiger partial charge in [-0.25, -0.2) is 19.6 Å². The largest absolute Gasteiger partial charge is 0.244 e. The highest BCUT2D eigenvalue weighted by molar-refractivity contribution is 5.62. The Kier molecular flexibility index (Phi) is 3.28. The predicted octanol–water partition coefficient (Wildman–Crippen LogP) is 2.18. The van der Waals surface area contributed by atoms with E-state index in [1.54, 1.807) is 41.7 Å². The summed E-state index contributed by atoms with van der Waals surface area (Å²) >= 11 is 0. The van der Waals surface area contributed by atoms with E-state index in [-0.39, 0.29) is 0 Å². The maximum Gasteiger partial charge on any atom is 0.178 e. The van der Waals surface area contributed by atoms with Crippen LogP contribution in [0.4, 0.5) is 0 Å². The van der Waals surface area contributed by atoms with Crippen LogP contribution in [0.3, 0.4) is 0 Å². The van der Waals surface area contributed by atoms with Crippen LogP contribution in [-0.4, -0.2) is 34.9 Å². The summed E-state index contributed by atoms with van der Waals surface area (Å²) in [6.45, 7) is 0. The molecule has 0 amide bonds. The van der Waals surface area contributed by atoms with Crippen molar-refractivity contribution in [2.45, 2.75) is 0 Å². The van der Waals surface area contributed by atoms with E-state index in [4.69, 9.17) is 0 Å². The summed E-state index contributed by atoms with van der Waals surface area (Å²) in [6, 6.07) is 9.36. The van der Waals surface area contributed by atoms with Gasteiger partial charge in [0, 0.05) is 24.2 Å². The summed E-state index contributed by atoms with van der Waals surface area (Å²) in [5.74, 6) is 0.597. The minimum absolute atomic E-state index is 0.597. The number of hydrogen-bond acceptors (Lipinski definition) is 6. The average molecular weight is 301 g/mol. The molecule has 0 unspecified atom stereocenters. The van der Waals surface area contributed by atoms with E-state index in [9.17, 15) is 0 Å². The van der Waals surface area contributed by atoms with Gasteiger partial charge in [-0.15, -0.1) is 0 Å². The molecule has 23 heavy (non-hydrogen) atoms. The van der Waals surface area contributed by atoms with Crippen molar-refractivity contribution in [3.8, 4) is 28.5 Å². The average Bonchev–Trinajstić information content (AvgIpc) is 3.14. The molecule has 0 saturated carbocycles. The molecule has 0 aliphatic rings. The van der Waals surface area contributed by atoms with Crippen molar-refractivity contribution in [1.82, 2.24) is 34.9 Å². The minimum Gasteiger partial charge on any atom is -0.244 e. The lowest BCUT2D eigenvalue weighted by Crippen LogP contribution is -1.95. The van der Waals surface area contributed by atoms with Gasteiger partial charge in [0.05, 0.1) is 30.0 Å². The first-order chi connectivity index (χ1) is 11.4. The number of hydrogen-bond donors (Lipinski definition) is 0. The van der Waals surface area contributed by atoms with Crippen molar-refractivity contribution >= 4 is 0 Å². The Balaban J connectivity index is 1.71. The molecule has 0 aliphatic carbocycles. The number of nitrogens with zero attached hydrogens (tertiary/aromatic N) is 7. The van der Waals surface area contributed by atoms with Crippen LogP contribution in [-0.2, 0) is 0 Å². The van der Waals surface area contributed by atoms with E-state index < -0.39 is 0 Å². The normalized spacial score (nSPS) is 10.6. The lowest BCUT2D eigenvalue weighted by atomic mass is 10.2. The molecule has 4 heterocycles. The lowest BCUT2D eigenvalue weighted by molar-refractivity contribution is 0.859. The topological polar surface area (TPSA) is 82.3 Å². The molecule has 110 valence electrons. The molecule has 0 atom stereocenters. The second kappa shape index (κ2) is 5.72. The summed E-state index contributed by atoms with van der Waals surface area (Å²) in [5, 5.41) is 12.0. The molecule has 0 aromatic carbocycles. The summed E-state index contributed by atoms with van der Waals surface area (Å²) in [7, 11) is 0. The molecule has 0 spiro atoms. The molecule has 0 N–H and O–H groups in total. The highest BCUT2D eigenvalue weighted by Gasteiger charge is 2.08. The Morgan fingerprint density at radius 3 is 2.48 bits per heavy atom. The Morgan fingerprint density at radius 1 is 0.783 bits per heavy atom. The quantitative estimate of drug-likeness (QED) is 0.577. The standard InChI is InChI=1S/C16H11N7/c1-3-14(22-15(4-1)16-17-6-2-7-18-16)12-9-21-23(11-12)13-5-8-19-20-10-13/h1-11H. The van der Waals surface area contributed by atoms with Crippen LogP contribution in [0.2, 0.25) is 0 Å². The van der Waals surface area contributed by atoms with Crippen LogP contribution in [0.1, 0.15) is 0 Å². The summed E-state index contributed by atoms with van der Waals surface area (Å²) in [5.41, 5.74) is 3.28. The zero-order chi connectivity index (χ0) is 15.5. The predicted molar refractivity (Wildman–Crippen MR) is 83.4 cm³/mol. The van der Waals surface area contributed by atoms with Crippen LogP contribution in [0, 0.1) is 0 Å². The van der Waals surface area contributed by atoms with Gasteiger partial charge in [-0.05, 0) is 24.3 Å². The molecule has 7 nitrogen and oxygen atoms in total. The Hall–Kier alpha value is -3.48. The Labute approximate surface area is 131 Å². The molecule has 7 heteroatoms. The van der Waals surface area contributed by atoms with E-state index in [0.29, 0.717) is 5.82 Å². The molecule has 0 fully saturated rings. The lowest BCUT2D eigenvalue weighted by Gasteiger charge is -2.01. The maximum atomic E-state index is 4.61. The van der Waals surface area contributed by atoms with Crippen LogP contribution in [0.5, 0.6) is 0 Å². The molecule has 0 bridgehead atoms. The first-order valence-electron chi connectivity index (χ1n) is 6.97. The van der Waals surface area contributed by atoms with Gasteiger partial charge < -0.3 is 0 Å². The van der Waals surface area contributed by atoms with E-state index in [2.05, 4.69) is 30.2 Å². The number of pyridine rings is 1. The summed E-state index contributed by atoms with van der Waals surface area (Å²) in [6.07, 6.45) is 10.3. The van der Waals surface area contributed by atoms with Crippen LogP contribution >= 0.6 is 0 Å². The zero-order valence-corrected chi connectivity index (χ0v) is 12.0. The second-order valence-corrected chi connectivity index (χ2v) is 4.75. The van der Waals surface area contributed by atoms with Crippen molar-refractivity contribution in [3.05, 3.63) is 67.5 Å². The Morgan fingerprint density at radius 2 is 1.65 bits per heavy atom. The molecule has 0 saturated heterocycles. The van der Waals surface area contributed by atoms with Crippen LogP contribution < -0.4 is 0 Å². The fourth-order valence-electron chi connectivity index (χ4n) is 2.17. The first-order valence-corrected chi connectivity index (χ1v) is 6.97. The van der Waals surface area contributed by atoms with Crippen LogP contribution in [0.15, 0.2) is 67.5 Å². The van der Waals surface area contributed by atoms with Gasteiger partial charge in [0.15, 0.2) is 5.82 Å². The third-order valence-corrected chi connectivity index (χ3v) is 3.26. The molecule has 4 aromatic rings. The molecule has 4 rings (SSSR count). The highest BCUT2D eigenvalue weighted by Crippen LogP contribution is 2.20. The van der Waals surface area contributed by atoms with Crippen molar-refractivity contribution < 1.29 is 0 Å². The number of aromatic nitrogens is 7. The van der Waals surface area contributed by atoms with Gasteiger partial charge in [-0.1, -0.05) is 6.07 Å². The molecule has 0 aliphatic heterocycles. The van der Waals surface area contributed by atoms with Crippen molar-refractivity contribution in [2.75, 3.05) is 0 Å². The monoisotopic (exact) mass is 301 g/mol. The third-order valence-electron chi connectivity index (χ3n) is 3.26. The van der Waals surface area contributed by atoms with Crippen molar-refractivity contribution in [1.29, 1.82) is 0 Å². The van der Waals surface area contributed by atoms with E-state index in [1.807, 2.05) is 30.5 Å². The van der Waals surface area contributed by atoms with E-state index >= 15 is 0 Å². The minimum atomic E-state index is 0.597. The zero-order valence-electron chi connectivity index (χ0n) is 12.0. The van der Waals surface area contributed by atoms with Gasteiger partial charge in [-0.2, -0.15) is 15.3 Å². The molecule has 4 aromatic heterocycles. The maximum absolute atomic E-state index is 4.61. The van der Waals surface area contributed by atoms with Crippen molar-refractivity contribution in [2.24, 2.45) is 0 Å². The Bertz CT molecular complexity index is 919.